The number of hydrogen-bond acceptors (Lipinski definition) is 3. The molecule has 2 aromatic rings. The Bertz CT molecular complexity index is 682. The van der Waals surface area contributed by atoms with E-state index in [4.69, 9.17) is 0 Å². The van der Waals surface area contributed by atoms with Gasteiger partial charge in [-0.3, -0.25) is 9.58 Å². The minimum absolute atomic E-state index is 0.100. The monoisotopic (exact) mass is 344 g/mol. The van der Waals surface area contributed by atoms with Crippen LogP contribution in [0.15, 0.2) is 30.5 Å². The number of nitrogens with one attached hydrogen (secondary N) is 1. The third kappa shape index (κ3) is 4.89. The highest BCUT2D eigenvalue weighted by molar-refractivity contribution is 5.17. The van der Waals surface area contributed by atoms with E-state index >= 15 is 0 Å². The molecule has 1 aliphatic heterocycles. The Morgan fingerprint density at radius 2 is 2.12 bits per heavy atom. The molecule has 1 aromatic carbocycles. The van der Waals surface area contributed by atoms with Gasteiger partial charge in [-0.15, -0.1) is 0 Å². The fraction of sp³-hybridized carbons (Fsp3) is 0.550. The molecule has 3 rings (SSSR count). The van der Waals surface area contributed by atoms with Gasteiger partial charge in [0.05, 0.1) is 5.69 Å². The van der Waals surface area contributed by atoms with E-state index in [-0.39, 0.29) is 5.82 Å². The van der Waals surface area contributed by atoms with Gasteiger partial charge in [0.2, 0.25) is 0 Å². The number of nitrogens with zero attached hydrogens (tertiary/aromatic N) is 3. The van der Waals surface area contributed by atoms with Gasteiger partial charge in [-0.2, -0.15) is 5.10 Å². The number of hydrogen-bond donors (Lipinski definition) is 1. The first-order valence-corrected chi connectivity index (χ1v) is 9.37. The number of benzene rings is 1. The molecule has 1 aliphatic rings. The molecule has 0 bridgehead atoms. The molecule has 5 heteroatoms. The van der Waals surface area contributed by atoms with Gasteiger partial charge in [0.1, 0.15) is 5.82 Å². The maximum Gasteiger partial charge on any atom is 0.127 e. The topological polar surface area (TPSA) is 33.1 Å². The summed E-state index contributed by atoms with van der Waals surface area (Å²) in [6.07, 6.45) is 5.59. The van der Waals surface area contributed by atoms with Crippen molar-refractivity contribution in [3.05, 3.63) is 53.1 Å². The van der Waals surface area contributed by atoms with Crippen LogP contribution in [0.5, 0.6) is 0 Å². The number of piperidine rings is 1. The SMILES string of the molecule is CCCn1cc(CNC2CCCN(Cc3ccccc3F)C2)c(C)n1. The molecule has 0 saturated carbocycles. The van der Waals surface area contributed by atoms with Crippen molar-refractivity contribution in [2.24, 2.45) is 0 Å². The van der Waals surface area contributed by atoms with Crippen molar-refractivity contribution in [1.29, 1.82) is 0 Å². The number of aryl methyl sites for hydroxylation is 2. The number of aromatic nitrogens is 2. The first-order valence-electron chi connectivity index (χ1n) is 9.37. The lowest BCUT2D eigenvalue weighted by molar-refractivity contribution is 0.181. The van der Waals surface area contributed by atoms with Gasteiger partial charge in [-0.25, -0.2) is 4.39 Å². The largest absolute Gasteiger partial charge is 0.309 e. The summed E-state index contributed by atoms with van der Waals surface area (Å²) >= 11 is 0. The molecule has 1 fully saturated rings. The van der Waals surface area contributed by atoms with Crippen LogP contribution in [0, 0.1) is 12.7 Å². The van der Waals surface area contributed by atoms with Gasteiger partial charge in [0.25, 0.3) is 0 Å². The molecule has 1 N–H and O–H groups in total. The summed E-state index contributed by atoms with van der Waals surface area (Å²) in [4.78, 5) is 2.35. The average Bonchev–Trinajstić information content (AvgIpc) is 2.95. The number of rotatable bonds is 7. The molecule has 2 heterocycles. The molecular formula is C20H29FN4. The highest BCUT2D eigenvalue weighted by atomic mass is 19.1. The molecule has 1 saturated heterocycles. The van der Waals surface area contributed by atoms with E-state index in [1.165, 1.54) is 12.0 Å². The number of likely N-dealkylation sites (tertiary alicyclic amines) is 1. The van der Waals surface area contributed by atoms with E-state index in [0.717, 1.165) is 50.3 Å². The Labute approximate surface area is 150 Å². The maximum absolute atomic E-state index is 13.9. The van der Waals surface area contributed by atoms with Gasteiger partial charge in [0.15, 0.2) is 0 Å². The zero-order valence-electron chi connectivity index (χ0n) is 15.3. The van der Waals surface area contributed by atoms with Crippen LogP contribution in [-0.2, 0) is 19.6 Å². The van der Waals surface area contributed by atoms with Gasteiger partial charge in [-0.05, 0) is 38.8 Å². The highest BCUT2D eigenvalue weighted by Crippen LogP contribution is 2.16. The van der Waals surface area contributed by atoms with Crippen molar-refractivity contribution in [2.75, 3.05) is 13.1 Å². The molecule has 0 radical (unpaired) electrons. The van der Waals surface area contributed by atoms with Crippen LogP contribution >= 0.6 is 0 Å². The Kier molecular flexibility index (Phi) is 6.21. The minimum Gasteiger partial charge on any atom is -0.309 e. The molecule has 1 unspecified atom stereocenters. The summed E-state index contributed by atoms with van der Waals surface area (Å²) in [5.41, 5.74) is 3.18. The van der Waals surface area contributed by atoms with Crippen LogP contribution in [0.3, 0.4) is 0 Å². The van der Waals surface area contributed by atoms with Crippen molar-refractivity contribution in [3.8, 4) is 0 Å². The predicted molar refractivity (Wildman–Crippen MR) is 98.8 cm³/mol. The molecule has 0 aliphatic carbocycles. The van der Waals surface area contributed by atoms with Crippen molar-refractivity contribution in [2.45, 2.75) is 58.8 Å². The Morgan fingerprint density at radius 1 is 1.28 bits per heavy atom. The summed E-state index contributed by atoms with van der Waals surface area (Å²) in [6.45, 7) is 8.78. The third-order valence-electron chi connectivity index (χ3n) is 4.94. The zero-order chi connectivity index (χ0) is 17.6. The van der Waals surface area contributed by atoms with E-state index < -0.39 is 0 Å². The van der Waals surface area contributed by atoms with E-state index in [2.05, 4.69) is 35.4 Å². The maximum atomic E-state index is 13.9. The molecular weight excluding hydrogens is 315 g/mol. The second-order valence-corrected chi connectivity index (χ2v) is 7.05. The van der Waals surface area contributed by atoms with Crippen LogP contribution in [0.2, 0.25) is 0 Å². The van der Waals surface area contributed by atoms with Gasteiger partial charge in [-0.1, -0.05) is 25.1 Å². The molecule has 4 nitrogen and oxygen atoms in total. The Hall–Kier alpha value is -1.72. The fourth-order valence-corrected chi connectivity index (χ4v) is 3.56. The lowest BCUT2D eigenvalue weighted by Gasteiger charge is -2.33. The molecule has 1 atom stereocenters. The van der Waals surface area contributed by atoms with Crippen LogP contribution in [0.25, 0.3) is 0 Å². The smallest absolute Gasteiger partial charge is 0.127 e. The van der Waals surface area contributed by atoms with Crippen molar-refractivity contribution in [3.63, 3.8) is 0 Å². The summed E-state index contributed by atoms with van der Waals surface area (Å²) in [6, 6.07) is 7.55. The van der Waals surface area contributed by atoms with Crippen LogP contribution in [-0.4, -0.2) is 33.8 Å². The van der Waals surface area contributed by atoms with Crippen LogP contribution in [0.1, 0.15) is 43.0 Å². The Morgan fingerprint density at radius 3 is 2.92 bits per heavy atom. The molecule has 0 spiro atoms. The van der Waals surface area contributed by atoms with E-state index in [1.54, 1.807) is 12.1 Å². The summed E-state index contributed by atoms with van der Waals surface area (Å²) < 4.78 is 15.9. The normalized spacial score (nSPS) is 18.6. The minimum atomic E-state index is -0.100. The second kappa shape index (κ2) is 8.59. The second-order valence-electron chi connectivity index (χ2n) is 7.05. The molecule has 136 valence electrons. The van der Waals surface area contributed by atoms with E-state index in [0.29, 0.717) is 12.6 Å². The van der Waals surface area contributed by atoms with Crippen LogP contribution in [0.4, 0.5) is 4.39 Å². The van der Waals surface area contributed by atoms with E-state index in [9.17, 15) is 4.39 Å². The predicted octanol–water partition coefficient (Wildman–Crippen LogP) is 3.49. The van der Waals surface area contributed by atoms with E-state index in [1.807, 2.05) is 16.8 Å². The molecule has 0 amide bonds. The lowest BCUT2D eigenvalue weighted by Crippen LogP contribution is -2.45. The van der Waals surface area contributed by atoms with Gasteiger partial charge < -0.3 is 5.32 Å². The fourth-order valence-electron chi connectivity index (χ4n) is 3.56. The number of halogens is 1. The summed E-state index contributed by atoms with van der Waals surface area (Å²) in [7, 11) is 0. The standard InChI is InChI=1S/C20H29FN4/c1-3-10-25-14-18(16(2)23-25)12-22-19-8-6-11-24(15-19)13-17-7-4-5-9-20(17)21/h4-5,7,9,14,19,22H,3,6,8,10-13,15H2,1-2H3. The first kappa shape index (κ1) is 18.1. The first-order chi connectivity index (χ1) is 12.2. The quantitative estimate of drug-likeness (QED) is 0.835. The van der Waals surface area contributed by atoms with Gasteiger partial charge in [0, 0.05) is 49.5 Å². The lowest BCUT2D eigenvalue weighted by atomic mass is 10.0. The van der Waals surface area contributed by atoms with Crippen LogP contribution < -0.4 is 5.32 Å². The average molecular weight is 344 g/mol. The van der Waals surface area contributed by atoms with Crippen molar-refractivity contribution < 1.29 is 4.39 Å². The van der Waals surface area contributed by atoms with Crippen molar-refractivity contribution in [1.82, 2.24) is 20.0 Å². The van der Waals surface area contributed by atoms with Gasteiger partial charge >= 0.3 is 0 Å². The highest BCUT2D eigenvalue weighted by Gasteiger charge is 2.20. The summed E-state index contributed by atoms with van der Waals surface area (Å²) in [5.74, 6) is -0.100. The zero-order valence-corrected chi connectivity index (χ0v) is 15.3. The molecule has 1 aromatic heterocycles. The third-order valence-corrected chi connectivity index (χ3v) is 4.94. The Balaban J connectivity index is 1.52. The summed E-state index contributed by atoms with van der Waals surface area (Å²) in [5, 5.41) is 8.24. The molecule has 25 heavy (non-hydrogen) atoms. The van der Waals surface area contributed by atoms with Crippen molar-refractivity contribution >= 4 is 0 Å².